The van der Waals surface area contributed by atoms with Crippen molar-refractivity contribution in [1.29, 1.82) is 0 Å². The quantitative estimate of drug-likeness (QED) is 0.329. The molecule has 0 bridgehead atoms. The molecule has 200 valence electrons. The second-order valence-electron chi connectivity index (χ2n) is 9.48. The summed E-state index contributed by atoms with van der Waals surface area (Å²) in [7, 11) is 0. The molecular formula is C26H28F3N7O2. The number of nitrogens with zero attached hydrogens (tertiary/aromatic N) is 3. The SMILES string of the molecule is CC(C)(N=CC(=CN)c1ccn2c(-c3cccc(NC(=O)NCC(F)(F)F)c3)cnc2c1)C(=O)NC1CC1. The van der Waals surface area contributed by atoms with Crippen LogP contribution in [0.15, 0.2) is 60.0 Å². The molecule has 2 aromatic heterocycles. The van der Waals surface area contributed by atoms with E-state index in [0.29, 0.717) is 28.2 Å². The standard InChI is InChI=1S/C26H28F3N7O2/c1-25(2,23(37)34-19-6-7-19)33-13-18(12-30)16-8-9-36-21(14-31-22(36)11-16)17-4-3-5-20(10-17)35-24(38)32-15-26(27,28)29/h3-5,8-14,19H,6-7,15,30H2,1-2H3,(H,34,37)(H2,32,35,38). The molecule has 12 heteroatoms. The first-order valence-electron chi connectivity index (χ1n) is 11.9. The molecule has 1 aliphatic rings. The predicted octanol–water partition coefficient (Wildman–Crippen LogP) is 4.11. The molecule has 0 spiro atoms. The topological polar surface area (TPSA) is 126 Å². The van der Waals surface area contributed by atoms with Crippen molar-refractivity contribution in [3.63, 3.8) is 0 Å². The van der Waals surface area contributed by atoms with Gasteiger partial charge in [-0.15, -0.1) is 0 Å². The summed E-state index contributed by atoms with van der Waals surface area (Å²) in [6, 6.07) is 9.60. The number of fused-ring (bicyclic) bond motifs is 1. The van der Waals surface area contributed by atoms with Gasteiger partial charge < -0.3 is 21.7 Å². The molecule has 38 heavy (non-hydrogen) atoms. The Morgan fingerprint density at radius 2 is 1.97 bits per heavy atom. The number of allylic oxidation sites excluding steroid dienone is 1. The molecule has 3 amide bonds. The van der Waals surface area contributed by atoms with E-state index in [1.54, 1.807) is 62.0 Å². The van der Waals surface area contributed by atoms with Crippen LogP contribution in [-0.2, 0) is 4.79 Å². The first-order valence-corrected chi connectivity index (χ1v) is 11.9. The molecule has 4 rings (SSSR count). The number of rotatable bonds is 8. The maximum Gasteiger partial charge on any atom is 0.405 e. The predicted molar refractivity (Wildman–Crippen MR) is 140 cm³/mol. The van der Waals surface area contributed by atoms with Gasteiger partial charge in [-0.05, 0) is 56.5 Å². The molecular weight excluding hydrogens is 499 g/mol. The third kappa shape index (κ3) is 6.69. The number of hydrogen-bond donors (Lipinski definition) is 4. The molecule has 1 saturated carbocycles. The van der Waals surface area contributed by atoms with Crippen LogP contribution in [0.25, 0.3) is 22.5 Å². The summed E-state index contributed by atoms with van der Waals surface area (Å²) in [6.45, 7) is 2.05. The number of imidazole rings is 1. The minimum absolute atomic E-state index is 0.143. The van der Waals surface area contributed by atoms with Crippen LogP contribution in [0.3, 0.4) is 0 Å². The third-order valence-corrected chi connectivity index (χ3v) is 5.89. The van der Waals surface area contributed by atoms with Crippen molar-refractivity contribution in [2.24, 2.45) is 10.7 Å². The minimum atomic E-state index is -4.50. The Labute approximate surface area is 217 Å². The summed E-state index contributed by atoms with van der Waals surface area (Å²) < 4.78 is 38.8. The van der Waals surface area contributed by atoms with Crippen molar-refractivity contribution >= 4 is 35.1 Å². The van der Waals surface area contributed by atoms with Gasteiger partial charge in [0.15, 0.2) is 0 Å². The summed E-state index contributed by atoms with van der Waals surface area (Å²) in [6.07, 6.45) is 3.90. The minimum Gasteiger partial charge on any atom is -0.404 e. The number of urea groups is 1. The number of alkyl halides is 3. The van der Waals surface area contributed by atoms with E-state index >= 15 is 0 Å². The van der Waals surface area contributed by atoms with E-state index in [9.17, 15) is 22.8 Å². The van der Waals surface area contributed by atoms with Crippen molar-refractivity contribution in [2.75, 3.05) is 11.9 Å². The van der Waals surface area contributed by atoms with E-state index in [0.717, 1.165) is 18.4 Å². The number of aliphatic imine (C=N–C) groups is 1. The lowest BCUT2D eigenvalue weighted by Crippen LogP contribution is -2.41. The average Bonchev–Trinajstić information content (AvgIpc) is 3.58. The number of halogens is 3. The first-order chi connectivity index (χ1) is 17.9. The smallest absolute Gasteiger partial charge is 0.404 e. The second kappa shape index (κ2) is 10.6. The molecule has 0 unspecified atom stereocenters. The van der Waals surface area contributed by atoms with E-state index in [-0.39, 0.29) is 11.9 Å². The Bertz CT molecular complexity index is 1410. The maximum absolute atomic E-state index is 12.5. The molecule has 3 aromatic rings. The molecule has 0 atom stereocenters. The summed E-state index contributed by atoms with van der Waals surface area (Å²) in [5.74, 6) is -0.143. The lowest BCUT2D eigenvalue weighted by Gasteiger charge is -2.19. The van der Waals surface area contributed by atoms with Crippen LogP contribution in [-0.4, -0.2) is 51.8 Å². The van der Waals surface area contributed by atoms with Gasteiger partial charge in [-0.3, -0.25) is 14.2 Å². The summed E-state index contributed by atoms with van der Waals surface area (Å²) in [5.41, 5.74) is 8.60. The zero-order valence-corrected chi connectivity index (χ0v) is 20.8. The monoisotopic (exact) mass is 527 g/mol. The molecule has 1 aliphatic carbocycles. The lowest BCUT2D eigenvalue weighted by molar-refractivity contribution is -0.125. The Morgan fingerprint density at radius 1 is 1.21 bits per heavy atom. The fraction of sp³-hybridized carbons (Fsp3) is 0.308. The highest BCUT2D eigenvalue weighted by Crippen LogP contribution is 2.26. The number of aromatic nitrogens is 2. The Morgan fingerprint density at radius 3 is 2.66 bits per heavy atom. The summed E-state index contributed by atoms with van der Waals surface area (Å²) in [4.78, 5) is 33.2. The average molecular weight is 528 g/mol. The Kier molecular flexibility index (Phi) is 7.42. The highest BCUT2D eigenvalue weighted by molar-refractivity contribution is 6.10. The van der Waals surface area contributed by atoms with Gasteiger partial charge in [0.05, 0.1) is 11.9 Å². The van der Waals surface area contributed by atoms with Crippen LogP contribution in [0.2, 0.25) is 0 Å². The number of hydrogen-bond acceptors (Lipinski definition) is 5. The molecule has 9 nitrogen and oxygen atoms in total. The van der Waals surface area contributed by atoms with Gasteiger partial charge in [0.25, 0.3) is 0 Å². The van der Waals surface area contributed by atoms with Gasteiger partial charge in [-0.25, -0.2) is 9.78 Å². The molecule has 0 saturated heterocycles. The van der Waals surface area contributed by atoms with Gasteiger partial charge >= 0.3 is 12.2 Å². The number of carbonyl (C=O) groups excluding carboxylic acids is 2. The van der Waals surface area contributed by atoms with Crippen molar-refractivity contribution in [1.82, 2.24) is 20.0 Å². The number of nitrogens with two attached hydrogens (primary N) is 1. The maximum atomic E-state index is 12.5. The fourth-order valence-electron chi connectivity index (χ4n) is 3.58. The van der Waals surface area contributed by atoms with Crippen LogP contribution in [0.1, 0.15) is 32.3 Å². The third-order valence-electron chi connectivity index (χ3n) is 5.89. The van der Waals surface area contributed by atoms with E-state index in [1.807, 2.05) is 16.5 Å². The van der Waals surface area contributed by atoms with Crippen molar-refractivity contribution in [3.8, 4) is 11.3 Å². The van der Waals surface area contributed by atoms with Crippen LogP contribution < -0.4 is 21.7 Å². The lowest BCUT2D eigenvalue weighted by atomic mass is 10.0. The largest absolute Gasteiger partial charge is 0.405 e. The Balaban J connectivity index is 1.50. The van der Waals surface area contributed by atoms with Gasteiger partial charge in [0.1, 0.15) is 17.7 Å². The number of carbonyl (C=O) groups is 2. The number of benzene rings is 1. The second-order valence-corrected chi connectivity index (χ2v) is 9.48. The molecule has 5 N–H and O–H groups in total. The zero-order valence-electron chi connectivity index (χ0n) is 20.8. The van der Waals surface area contributed by atoms with Crippen LogP contribution in [0.4, 0.5) is 23.7 Å². The van der Waals surface area contributed by atoms with Crippen LogP contribution in [0.5, 0.6) is 0 Å². The van der Waals surface area contributed by atoms with E-state index in [2.05, 4.69) is 20.6 Å². The highest BCUT2D eigenvalue weighted by Gasteiger charge is 2.32. The summed E-state index contributed by atoms with van der Waals surface area (Å²) in [5, 5.41) is 7.13. The van der Waals surface area contributed by atoms with E-state index < -0.39 is 24.3 Å². The normalized spacial score (nSPS) is 14.6. The number of amides is 3. The fourth-order valence-corrected chi connectivity index (χ4v) is 3.58. The highest BCUT2D eigenvalue weighted by atomic mass is 19.4. The number of pyridine rings is 1. The van der Waals surface area contributed by atoms with Crippen LogP contribution >= 0.6 is 0 Å². The van der Waals surface area contributed by atoms with Gasteiger partial charge in [-0.2, -0.15) is 13.2 Å². The van der Waals surface area contributed by atoms with Crippen molar-refractivity contribution < 1.29 is 22.8 Å². The molecule has 0 radical (unpaired) electrons. The molecule has 1 fully saturated rings. The summed E-state index contributed by atoms with van der Waals surface area (Å²) >= 11 is 0. The zero-order chi connectivity index (χ0) is 27.5. The van der Waals surface area contributed by atoms with E-state index in [1.165, 1.54) is 6.20 Å². The van der Waals surface area contributed by atoms with Crippen LogP contribution in [0, 0.1) is 0 Å². The number of nitrogens with one attached hydrogen (secondary N) is 3. The number of anilines is 1. The van der Waals surface area contributed by atoms with Gasteiger partial charge in [-0.1, -0.05) is 12.1 Å². The van der Waals surface area contributed by atoms with Crippen molar-refractivity contribution in [2.45, 2.75) is 44.4 Å². The van der Waals surface area contributed by atoms with Gasteiger partial charge in [0, 0.05) is 41.5 Å². The Hall–Kier alpha value is -4.35. The molecule has 2 heterocycles. The van der Waals surface area contributed by atoms with E-state index in [4.69, 9.17) is 5.73 Å². The molecule has 0 aliphatic heterocycles. The first kappa shape index (κ1) is 26.7. The molecule has 1 aromatic carbocycles. The van der Waals surface area contributed by atoms with Gasteiger partial charge in [0.2, 0.25) is 5.91 Å². The van der Waals surface area contributed by atoms with Crippen molar-refractivity contribution in [3.05, 3.63) is 60.6 Å².